The van der Waals surface area contributed by atoms with Crippen LogP contribution in [0.4, 0.5) is 5.69 Å². The van der Waals surface area contributed by atoms with Gasteiger partial charge in [-0.1, -0.05) is 6.07 Å². The van der Waals surface area contributed by atoms with E-state index in [9.17, 15) is 5.11 Å². The smallest absolute Gasteiger partial charge is 0.0988 e. The number of hydrogen-bond donors (Lipinski definition) is 2. The molecule has 1 fully saturated rings. The first-order chi connectivity index (χ1) is 8.95. The first kappa shape index (κ1) is 14.8. The number of halogens is 1. The van der Waals surface area contributed by atoms with E-state index in [0.717, 1.165) is 22.3 Å². The van der Waals surface area contributed by atoms with Crippen LogP contribution < -0.4 is 4.90 Å². The molecule has 1 aromatic carbocycles. The van der Waals surface area contributed by atoms with Gasteiger partial charge in [-0.2, -0.15) is 0 Å². The number of morpholine rings is 1. The van der Waals surface area contributed by atoms with Gasteiger partial charge in [-0.15, -0.1) is 0 Å². The summed E-state index contributed by atoms with van der Waals surface area (Å²) in [6.45, 7) is 5.53. The van der Waals surface area contributed by atoms with Crippen molar-refractivity contribution in [1.29, 1.82) is 0 Å². The van der Waals surface area contributed by atoms with Crippen LogP contribution in [0.1, 0.15) is 19.4 Å². The summed E-state index contributed by atoms with van der Waals surface area (Å²) < 4.78 is 6.76. The quantitative estimate of drug-likeness (QED) is 0.889. The van der Waals surface area contributed by atoms with Gasteiger partial charge in [-0.05, 0) is 47.5 Å². The summed E-state index contributed by atoms with van der Waals surface area (Å²) in [5, 5.41) is 18.5. The van der Waals surface area contributed by atoms with Crippen LogP contribution in [-0.2, 0) is 11.3 Å². The van der Waals surface area contributed by atoms with Crippen molar-refractivity contribution >= 4 is 21.6 Å². The third-order valence-electron chi connectivity index (χ3n) is 3.22. The maximum Gasteiger partial charge on any atom is 0.0988 e. The summed E-state index contributed by atoms with van der Waals surface area (Å²) in [5.41, 5.74) is 1.65. The Morgan fingerprint density at radius 1 is 1.42 bits per heavy atom. The fourth-order valence-electron chi connectivity index (χ4n) is 2.48. The Morgan fingerprint density at radius 2 is 2.16 bits per heavy atom. The average Bonchev–Trinajstić information content (AvgIpc) is 2.36. The zero-order valence-corrected chi connectivity index (χ0v) is 12.9. The predicted molar refractivity (Wildman–Crippen MR) is 78.3 cm³/mol. The number of ether oxygens (including phenoxy) is 1. The van der Waals surface area contributed by atoms with Crippen LogP contribution in [0.2, 0.25) is 0 Å². The molecule has 106 valence electrons. The molecule has 0 bridgehead atoms. The molecule has 1 aliphatic rings. The topological polar surface area (TPSA) is 52.9 Å². The number of nitrogens with zero attached hydrogens (tertiary/aromatic N) is 1. The second-order valence-corrected chi connectivity index (χ2v) is 6.36. The molecule has 2 N–H and O–H groups in total. The molecule has 0 radical (unpaired) electrons. The lowest BCUT2D eigenvalue weighted by Crippen LogP contribution is -2.54. The van der Waals surface area contributed by atoms with Crippen LogP contribution in [0.25, 0.3) is 0 Å². The Labute approximate surface area is 122 Å². The van der Waals surface area contributed by atoms with E-state index < -0.39 is 0 Å². The van der Waals surface area contributed by atoms with Crippen molar-refractivity contribution in [1.82, 2.24) is 0 Å². The molecule has 0 spiro atoms. The normalized spacial score (nSPS) is 22.6. The molecule has 4 nitrogen and oxygen atoms in total. The van der Waals surface area contributed by atoms with Gasteiger partial charge >= 0.3 is 0 Å². The largest absolute Gasteiger partial charge is 0.394 e. The molecule has 0 amide bonds. The monoisotopic (exact) mass is 329 g/mol. The summed E-state index contributed by atoms with van der Waals surface area (Å²) in [6.07, 6.45) is -0.173. The van der Waals surface area contributed by atoms with Crippen LogP contribution in [0.3, 0.4) is 0 Å². The van der Waals surface area contributed by atoms with Crippen molar-refractivity contribution in [2.24, 2.45) is 0 Å². The lowest BCUT2D eigenvalue weighted by molar-refractivity contribution is -0.101. The van der Waals surface area contributed by atoms with Crippen molar-refractivity contribution in [3.8, 4) is 0 Å². The fraction of sp³-hybridized carbons (Fsp3) is 0.571. The Morgan fingerprint density at radius 3 is 2.74 bits per heavy atom. The van der Waals surface area contributed by atoms with E-state index in [-0.39, 0.29) is 24.9 Å². The highest BCUT2D eigenvalue weighted by Crippen LogP contribution is 2.32. The number of hydrogen-bond acceptors (Lipinski definition) is 4. The van der Waals surface area contributed by atoms with Crippen molar-refractivity contribution in [3.63, 3.8) is 0 Å². The van der Waals surface area contributed by atoms with Gasteiger partial charge in [0.2, 0.25) is 0 Å². The number of anilines is 1. The summed E-state index contributed by atoms with van der Waals surface area (Å²) in [4.78, 5) is 2.20. The maximum absolute atomic E-state index is 9.34. The average molecular weight is 330 g/mol. The van der Waals surface area contributed by atoms with Gasteiger partial charge in [0.05, 0.1) is 30.6 Å². The molecule has 1 atom stereocenters. The molecule has 0 saturated carbocycles. The highest BCUT2D eigenvalue weighted by Gasteiger charge is 2.33. The zero-order valence-electron chi connectivity index (χ0n) is 11.3. The molecule has 2 rings (SSSR count). The van der Waals surface area contributed by atoms with Crippen molar-refractivity contribution in [2.45, 2.75) is 32.2 Å². The molecule has 19 heavy (non-hydrogen) atoms. The SMILES string of the molecule is CC1(C)CN(c2ccc(CO)cc2Br)CC(CO)O1. The number of aliphatic hydroxyl groups is 2. The van der Waals surface area contributed by atoms with Gasteiger partial charge in [-0.25, -0.2) is 0 Å². The van der Waals surface area contributed by atoms with Crippen molar-refractivity contribution < 1.29 is 14.9 Å². The molecule has 1 heterocycles. The molecular weight excluding hydrogens is 310 g/mol. The molecule has 1 aromatic rings. The Hall–Kier alpha value is -0.620. The highest BCUT2D eigenvalue weighted by atomic mass is 79.9. The first-order valence-electron chi connectivity index (χ1n) is 6.38. The van der Waals surface area contributed by atoms with Crippen LogP contribution in [0, 0.1) is 0 Å². The minimum Gasteiger partial charge on any atom is -0.394 e. The summed E-state index contributed by atoms with van der Waals surface area (Å²) in [6, 6.07) is 5.83. The van der Waals surface area contributed by atoms with Gasteiger partial charge in [0.25, 0.3) is 0 Å². The van der Waals surface area contributed by atoms with Gasteiger partial charge < -0.3 is 19.8 Å². The van der Waals surface area contributed by atoms with Gasteiger partial charge in [0, 0.05) is 17.6 Å². The molecule has 5 heteroatoms. The number of aliphatic hydroxyl groups excluding tert-OH is 2. The lowest BCUT2D eigenvalue weighted by Gasteiger charge is -2.43. The third kappa shape index (κ3) is 3.48. The lowest BCUT2D eigenvalue weighted by atomic mass is 10.0. The first-order valence-corrected chi connectivity index (χ1v) is 7.17. The zero-order chi connectivity index (χ0) is 14.0. The van der Waals surface area contributed by atoms with E-state index in [0.29, 0.717) is 6.54 Å². The van der Waals surface area contributed by atoms with Crippen LogP contribution in [0.15, 0.2) is 22.7 Å². The van der Waals surface area contributed by atoms with E-state index in [1.807, 2.05) is 32.0 Å². The highest BCUT2D eigenvalue weighted by molar-refractivity contribution is 9.10. The van der Waals surface area contributed by atoms with E-state index in [2.05, 4.69) is 20.8 Å². The van der Waals surface area contributed by atoms with Gasteiger partial charge in [0.15, 0.2) is 0 Å². The minimum atomic E-state index is -0.291. The minimum absolute atomic E-state index is 0.0201. The van der Waals surface area contributed by atoms with Crippen LogP contribution in [0.5, 0.6) is 0 Å². The fourth-order valence-corrected chi connectivity index (χ4v) is 3.16. The molecule has 1 saturated heterocycles. The summed E-state index contributed by atoms with van der Waals surface area (Å²) >= 11 is 3.55. The van der Waals surface area contributed by atoms with E-state index in [1.165, 1.54) is 0 Å². The molecule has 0 aromatic heterocycles. The third-order valence-corrected chi connectivity index (χ3v) is 3.86. The Balaban J connectivity index is 2.25. The number of benzene rings is 1. The molecule has 1 aliphatic heterocycles. The van der Waals surface area contributed by atoms with Crippen molar-refractivity contribution in [2.75, 3.05) is 24.6 Å². The molecule has 0 aliphatic carbocycles. The Kier molecular flexibility index (Phi) is 4.50. The van der Waals surface area contributed by atoms with E-state index in [4.69, 9.17) is 9.84 Å². The van der Waals surface area contributed by atoms with E-state index >= 15 is 0 Å². The maximum atomic E-state index is 9.34. The second kappa shape index (κ2) is 5.79. The second-order valence-electron chi connectivity index (χ2n) is 5.51. The number of rotatable bonds is 3. The van der Waals surface area contributed by atoms with Crippen LogP contribution >= 0.6 is 15.9 Å². The Bertz CT molecular complexity index is 450. The van der Waals surface area contributed by atoms with E-state index in [1.54, 1.807) is 0 Å². The van der Waals surface area contributed by atoms with Crippen LogP contribution in [-0.4, -0.2) is 41.6 Å². The standard InChI is InChI=1S/C14H20BrNO3/c1-14(2)9-16(6-11(8-18)19-14)13-4-3-10(7-17)5-12(13)15/h3-5,11,17-18H,6-9H2,1-2H3. The molecule has 1 unspecified atom stereocenters. The predicted octanol–water partition coefficient (Wildman–Crippen LogP) is 1.92. The summed E-state index contributed by atoms with van der Waals surface area (Å²) in [5.74, 6) is 0. The van der Waals surface area contributed by atoms with Gasteiger partial charge in [0.1, 0.15) is 0 Å². The summed E-state index contributed by atoms with van der Waals surface area (Å²) in [7, 11) is 0. The molecular formula is C14H20BrNO3. The van der Waals surface area contributed by atoms with Gasteiger partial charge in [-0.3, -0.25) is 0 Å². The van der Waals surface area contributed by atoms with Crippen molar-refractivity contribution in [3.05, 3.63) is 28.2 Å².